The largest absolute Gasteiger partial charge is 0.465 e. The second kappa shape index (κ2) is 8.94. The van der Waals surface area contributed by atoms with Gasteiger partial charge in [0.05, 0.1) is 24.1 Å². The maximum atomic E-state index is 13.1. The molecule has 1 aromatic heterocycles. The fourth-order valence-corrected chi connectivity index (χ4v) is 3.80. The Bertz CT molecular complexity index is 1280. The van der Waals surface area contributed by atoms with Crippen molar-refractivity contribution in [1.82, 2.24) is 4.57 Å². The maximum Gasteiger partial charge on any atom is 0.406 e. The van der Waals surface area contributed by atoms with Crippen LogP contribution in [0.3, 0.4) is 0 Å². The summed E-state index contributed by atoms with van der Waals surface area (Å²) < 4.78 is 45.5. The Hall–Kier alpha value is -3.87. The van der Waals surface area contributed by atoms with Crippen molar-refractivity contribution >= 4 is 28.3 Å². The molecule has 0 spiro atoms. The summed E-state index contributed by atoms with van der Waals surface area (Å²) in [6, 6.07) is 23.7. The van der Waals surface area contributed by atoms with E-state index in [4.69, 9.17) is 9.73 Å². The van der Waals surface area contributed by atoms with Crippen LogP contribution in [0.15, 0.2) is 83.9 Å². The Kier molecular flexibility index (Phi) is 6.05. The third kappa shape index (κ3) is 4.82. The van der Waals surface area contributed by atoms with Crippen LogP contribution in [0.4, 0.5) is 18.9 Å². The Morgan fingerprint density at radius 1 is 0.939 bits per heavy atom. The van der Waals surface area contributed by atoms with Crippen molar-refractivity contribution in [2.45, 2.75) is 19.6 Å². The number of rotatable bonds is 5. The predicted octanol–water partition coefficient (Wildman–Crippen LogP) is 6.47. The average molecular weight is 450 g/mol. The number of hydrogen-bond acceptors (Lipinski definition) is 3. The van der Waals surface area contributed by atoms with E-state index in [0.29, 0.717) is 28.0 Å². The van der Waals surface area contributed by atoms with Gasteiger partial charge in [0.1, 0.15) is 6.54 Å². The number of benzene rings is 3. The minimum absolute atomic E-state index is 0.0934. The number of fused-ring (bicyclic) bond motifs is 1. The van der Waals surface area contributed by atoms with E-state index in [1.165, 1.54) is 13.2 Å². The molecule has 0 fully saturated rings. The highest BCUT2D eigenvalue weighted by Gasteiger charge is 2.29. The number of aromatic nitrogens is 1. The fourth-order valence-electron chi connectivity index (χ4n) is 3.80. The van der Waals surface area contributed by atoms with Crippen LogP contribution in [-0.2, 0) is 11.3 Å². The van der Waals surface area contributed by atoms with Crippen molar-refractivity contribution < 1.29 is 22.7 Å². The SMILES string of the molecule is COC(=O)c1cc2c(cc1N=C(c1ccccc1)c1ccccc1)cc(C)n2CC(F)(F)F. The van der Waals surface area contributed by atoms with Crippen LogP contribution in [0, 0.1) is 6.92 Å². The van der Waals surface area contributed by atoms with Gasteiger partial charge in [-0.1, -0.05) is 60.7 Å². The number of methoxy groups -OCH3 is 1. The van der Waals surface area contributed by atoms with Crippen molar-refractivity contribution in [3.05, 3.63) is 101 Å². The van der Waals surface area contributed by atoms with Gasteiger partial charge in [0.2, 0.25) is 0 Å². The number of ether oxygens (including phenoxy) is 1. The van der Waals surface area contributed by atoms with Crippen LogP contribution < -0.4 is 0 Å². The van der Waals surface area contributed by atoms with Gasteiger partial charge in [0.25, 0.3) is 0 Å². The van der Waals surface area contributed by atoms with E-state index in [1.54, 1.807) is 19.1 Å². The molecule has 0 unspecified atom stereocenters. The molecule has 7 heteroatoms. The number of carbonyl (C=O) groups is 1. The molecule has 1 heterocycles. The van der Waals surface area contributed by atoms with E-state index in [0.717, 1.165) is 15.7 Å². The first-order valence-corrected chi connectivity index (χ1v) is 10.3. The summed E-state index contributed by atoms with van der Waals surface area (Å²) >= 11 is 0. The molecule has 4 nitrogen and oxygen atoms in total. The van der Waals surface area contributed by atoms with Gasteiger partial charge in [-0.2, -0.15) is 13.2 Å². The minimum atomic E-state index is -4.40. The van der Waals surface area contributed by atoms with Gasteiger partial charge in [-0.3, -0.25) is 0 Å². The monoisotopic (exact) mass is 450 g/mol. The molecule has 33 heavy (non-hydrogen) atoms. The summed E-state index contributed by atoms with van der Waals surface area (Å²) in [4.78, 5) is 17.4. The molecule has 0 aliphatic rings. The lowest BCUT2D eigenvalue weighted by atomic mass is 10.0. The van der Waals surface area contributed by atoms with E-state index in [1.807, 2.05) is 60.7 Å². The quantitative estimate of drug-likeness (QED) is 0.258. The summed E-state index contributed by atoms with van der Waals surface area (Å²) in [5, 5.41) is 0.559. The third-order valence-electron chi connectivity index (χ3n) is 5.30. The Labute approximate surface area is 189 Å². The van der Waals surface area contributed by atoms with Gasteiger partial charge in [0.15, 0.2) is 0 Å². The molecule has 0 aliphatic carbocycles. The number of esters is 1. The lowest BCUT2D eigenvalue weighted by Gasteiger charge is -2.13. The summed E-state index contributed by atoms with van der Waals surface area (Å²) in [6.07, 6.45) is -4.40. The van der Waals surface area contributed by atoms with Gasteiger partial charge >= 0.3 is 12.1 Å². The third-order valence-corrected chi connectivity index (χ3v) is 5.30. The van der Waals surface area contributed by atoms with Crippen LogP contribution >= 0.6 is 0 Å². The Balaban J connectivity index is 1.96. The number of halogens is 3. The first kappa shape index (κ1) is 22.3. The van der Waals surface area contributed by atoms with Gasteiger partial charge in [0, 0.05) is 27.7 Å². The molecule has 3 aromatic carbocycles. The van der Waals surface area contributed by atoms with E-state index < -0.39 is 18.7 Å². The topological polar surface area (TPSA) is 43.6 Å². The summed E-state index contributed by atoms with van der Waals surface area (Å²) in [6.45, 7) is 0.455. The van der Waals surface area contributed by atoms with E-state index in [-0.39, 0.29) is 5.56 Å². The lowest BCUT2D eigenvalue weighted by molar-refractivity contribution is -0.140. The zero-order valence-corrected chi connectivity index (χ0v) is 18.1. The van der Waals surface area contributed by atoms with E-state index >= 15 is 0 Å². The molecule has 4 rings (SSSR count). The fraction of sp³-hybridized carbons (Fsp3) is 0.154. The Morgan fingerprint density at radius 3 is 2.03 bits per heavy atom. The molecule has 0 N–H and O–H groups in total. The summed E-state index contributed by atoms with van der Waals surface area (Å²) in [5.74, 6) is -0.673. The summed E-state index contributed by atoms with van der Waals surface area (Å²) in [5.41, 5.74) is 3.45. The minimum Gasteiger partial charge on any atom is -0.465 e. The predicted molar refractivity (Wildman–Crippen MR) is 122 cm³/mol. The molecule has 4 aromatic rings. The zero-order chi connectivity index (χ0) is 23.6. The van der Waals surface area contributed by atoms with Crippen LogP contribution in [0.5, 0.6) is 0 Å². The second-order valence-corrected chi connectivity index (χ2v) is 7.60. The summed E-state index contributed by atoms with van der Waals surface area (Å²) in [7, 11) is 1.23. The van der Waals surface area contributed by atoms with Crippen molar-refractivity contribution in [2.75, 3.05) is 7.11 Å². The number of hydrogen-bond donors (Lipinski definition) is 0. The second-order valence-electron chi connectivity index (χ2n) is 7.60. The van der Waals surface area contributed by atoms with Gasteiger partial charge < -0.3 is 9.30 Å². The van der Waals surface area contributed by atoms with Crippen molar-refractivity contribution in [1.29, 1.82) is 0 Å². The molecule has 0 aliphatic heterocycles. The molecular formula is C26H21F3N2O2. The van der Waals surface area contributed by atoms with Crippen molar-refractivity contribution in [3.63, 3.8) is 0 Å². The van der Waals surface area contributed by atoms with E-state index in [9.17, 15) is 18.0 Å². The molecule has 0 atom stereocenters. The number of aliphatic imine (C=N–C) groups is 1. The standard InChI is InChI=1S/C26H21F3N2O2/c1-17-13-20-14-22(21(25(32)33-2)15-23(20)31(17)16-26(27,28)29)30-24(18-9-5-3-6-10-18)19-11-7-4-8-12-19/h3-15H,16H2,1-2H3. The molecule has 0 saturated heterocycles. The molecule has 0 saturated carbocycles. The number of alkyl halides is 3. The maximum absolute atomic E-state index is 13.1. The highest BCUT2D eigenvalue weighted by Crippen LogP contribution is 2.32. The lowest BCUT2D eigenvalue weighted by Crippen LogP contribution is -2.18. The molecule has 0 radical (unpaired) electrons. The number of carbonyl (C=O) groups excluding carboxylic acids is 1. The van der Waals surface area contributed by atoms with Crippen LogP contribution in [-0.4, -0.2) is 29.5 Å². The molecule has 0 amide bonds. The van der Waals surface area contributed by atoms with Crippen LogP contribution in [0.2, 0.25) is 0 Å². The number of aryl methyl sites for hydroxylation is 1. The highest BCUT2D eigenvalue weighted by atomic mass is 19.4. The van der Waals surface area contributed by atoms with Gasteiger partial charge in [-0.15, -0.1) is 0 Å². The molecule has 0 bridgehead atoms. The van der Waals surface area contributed by atoms with Gasteiger partial charge in [-0.05, 0) is 25.1 Å². The molecule has 168 valence electrons. The van der Waals surface area contributed by atoms with Crippen LogP contribution in [0.25, 0.3) is 10.9 Å². The first-order chi connectivity index (χ1) is 15.8. The van der Waals surface area contributed by atoms with Crippen LogP contribution in [0.1, 0.15) is 27.2 Å². The number of nitrogens with zero attached hydrogens (tertiary/aromatic N) is 2. The Morgan fingerprint density at radius 2 is 1.52 bits per heavy atom. The van der Waals surface area contributed by atoms with Crippen molar-refractivity contribution in [3.8, 4) is 0 Å². The zero-order valence-electron chi connectivity index (χ0n) is 18.1. The van der Waals surface area contributed by atoms with E-state index in [2.05, 4.69) is 0 Å². The van der Waals surface area contributed by atoms with Crippen molar-refractivity contribution in [2.24, 2.45) is 4.99 Å². The first-order valence-electron chi connectivity index (χ1n) is 10.3. The normalized spacial score (nSPS) is 11.4. The smallest absolute Gasteiger partial charge is 0.406 e. The molecular weight excluding hydrogens is 429 g/mol. The average Bonchev–Trinajstić information content (AvgIpc) is 3.10. The van der Waals surface area contributed by atoms with Gasteiger partial charge in [-0.25, -0.2) is 9.79 Å². The highest BCUT2D eigenvalue weighted by molar-refractivity contribution is 6.15.